The van der Waals surface area contributed by atoms with Crippen LogP contribution in [0.3, 0.4) is 0 Å². The second-order valence-electron chi connectivity index (χ2n) is 6.30. The van der Waals surface area contributed by atoms with Crippen LogP contribution in [-0.4, -0.2) is 46.9 Å². The van der Waals surface area contributed by atoms with Crippen LogP contribution >= 0.6 is 11.6 Å². The van der Waals surface area contributed by atoms with Gasteiger partial charge < -0.3 is 4.90 Å². The van der Waals surface area contributed by atoms with Gasteiger partial charge in [0.15, 0.2) is 0 Å². The zero-order valence-corrected chi connectivity index (χ0v) is 15.0. The Balaban J connectivity index is 1.69. The number of hydrogen-bond donors (Lipinski definition) is 0. The van der Waals surface area contributed by atoms with Gasteiger partial charge in [-0.1, -0.05) is 23.7 Å². The molecule has 0 radical (unpaired) electrons. The van der Waals surface area contributed by atoms with E-state index in [9.17, 15) is 9.18 Å². The Morgan fingerprint density at radius 3 is 2.80 bits per heavy atom. The van der Waals surface area contributed by atoms with Crippen LogP contribution in [0.4, 0.5) is 4.39 Å². The summed E-state index contributed by atoms with van der Waals surface area (Å²) in [4.78, 5) is 21.1. The fraction of sp³-hybridized carbons (Fsp3) is 0.368. The molecule has 2 aromatic rings. The van der Waals surface area contributed by atoms with Crippen molar-refractivity contribution in [3.05, 3.63) is 64.2 Å². The van der Waals surface area contributed by atoms with Crippen molar-refractivity contribution in [2.75, 3.05) is 26.2 Å². The molecule has 6 heteroatoms. The summed E-state index contributed by atoms with van der Waals surface area (Å²) in [6, 6.07) is 8.76. The molecule has 0 bridgehead atoms. The zero-order valence-electron chi connectivity index (χ0n) is 14.2. The van der Waals surface area contributed by atoms with E-state index >= 15 is 0 Å². The van der Waals surface area contributed by atoms with Gasteiger partial charge in [-0.2, -0.15) is 0 Å². The van der Waals surface area contributed by atoms with E-state index in [0.29, 0.717) is 18.7 Å². The molecule has 2 heterocycles. The molecule has 0 saturated carbocycles. The van der Waals surface area contributed by atoms with Crippen molar-refractivity contribution >= 4 is 17.5 Å². The molecular weight excluding hydrogens is 341 g/mol. The number of pyridine rings is 1. The molecule has 0 spiro atoms. The number of amides is 1. The summed E-state index contributed by atoms with van der Waals surface area (Å²) >= 11 is 6.18. The molecule has 1 fully saturated rings. The third kappa shape index (κ3) is 4.17. The third-order valence-corrected chi connectivity index (χ3v) is 4.97. The molecule has 0 N–H and O–H groups in total. The lowest BCUT2D eigenvalue weighted by molar-refractivity contribution is 0.0756. The van der Waals surface area contributed by atoms with Gasteiger partial charge in [0.2, 0.25) is 0 Å². The summed E-state index contributed by atoms with van der Waals surface area (Å²) in [6.07, 6.45) is 2.62. The fourth-order valence-corrected chi connectivity index (χ4v) is 3.30. The van der Waals surface area contributed by atoms with Crippen LogP contribution in [0.2, 0.25) is 5.02 Å². The van der Waals surface area contributed by atoms with Crippen molar-refractivity contribution in [1.82, 2.24) is 14.8 Å². The molecule has 1 aromatic carbocycles. The van der Waals surface area contributed by atoms with E-state index in [2.05, 4.69) is 9.88 Å². The first-order valence-corrected chi connectivity index (χ1v) is 8.80. The smallest absolute Gasteiger partial charge is 0.258 e. The number of benzene rings is 1. The van der Waals surface area contributed by atoms with Gasteiger partial charge in [-0.05, 0) is 37.1 Å². The SMILES string of the molecule is Cc1ccc(F)c(C(=O)N2CCCN(Cc3ccccn3)CC2)c1Cl. The zero-order chi connectivity index (χ0) is 17.8. The lowest BCUT2D eigenvalue weighted by Gasteiger charge is -2.22. The summed E-state index contributed by atoms with van der Waals surface area (Å²) in [5.74, 6) is -0.888. The van der Waals surface area contributed by atoms with Gasteiger partial charge in [-0.25, -0.2) is 4.39 Å². The minimum Gasteiger partial charge on any atom is -0.337 e. The van der Waals surface area contributed by atoms with Gasteiger partial charge in [0.1, 0.15) is 5.82 Å². The average molecular weight is 362 g/mol. The van der Waals surface area contributed by atoms with Gasteiger partial charge >= 0.3 is 0 Å². The Bertz CT molecular complexity index is 754. The molecule has 1 amide bonds. The number of aromatic nitrogens is 1. The van der Waals surface area contributed by atoms with E-state index in [1.165, 1.54) is 6.07 Å². The maximum absolute atomic E-state index is 14.2. The lowest BCUT2D eigenvalue weighted by Crippen LogP contribution is -2.35. The number of carbonyl (C=O) groups is 1. The van der Waals surface area contributed by atoms with Crippen LogP contribution in [0, 0.1) is 12.7 Å². The highest BCUT2D eigenvalue weighted by molar-refractivity contribution is 6.34. The molecule has 1 aliphatic heterocycles. The summed E-state index contributed by atoms with van der Waals surface area (Å²) in [7, 11) is 0. The van der Waals surface area contributed by atoms with Crippen LogP contribution in [0.25, 0.3) is 0 Å². The van der Waals surface area contributed by atoms with Crippen molar-refractivity contribution in [3.63, 3.8) is 0 Å². The maximum atomic E-state index is 14.2. The predicted molar refractivity (Wildman–Crippen MR) is 96.2 cm³/mol. The van der Waals surface area contributed by atoms with Gasteiger partial charge in [-0.3, -0.25) is 14.7 Å². The normalized spacial score (nSPS) is 15.9. The molecule has 0 unspecified atom stereocenters. The lowest BCUT2D eigenvalue weighted by atomic mass is 10.1. The van der Waals surface area contributed by atoms with Crippen LogP contribution in [0.5, 0.6) is 0 Å². The first kappa shape index (κ1) is 17.8. The number of nitrogens with zero attached hydrogens (tertiary/aromatic N) is 3. The van der Waals surface area contributed by atoms with Crippen LogP contribution < -0.4 is 0 Å². The quantitative estimate of drug-likeness (QED) is 0.839. The Kier molecular flexibility index (Phi) is 5.66. The van der Waals surface area contributed by atoms with E-state index < -0.39 is 5.82 Å². The highest BCUT2D eigenvalue weighted by Crippen LogP contribution is 2.25. The Morgan fingerprint density at radius 2 is 2.04 bits per heavy atom. The highest BCUT2D eigenvalue weighted by atomic mass is 35.5. The second-order valence-corrected chi connectivity index (χ2v) is 6.67. The van der Waals surface area contributed by atoms with Gasteiger partial charge in [0.05, 0.1) is 16.3 Å². The minimum atomic E-state index is -0.560. The van der Waals surface area contributed by atoms with E-state index in [1.807, 2.05) is 18.2 Å². The van der Waals surface area contributed by atoms with E-state index in [0.717, 1.165) is 31.7 Å². The fourth-order valence-electron chi connectivity index (χ4n) is 3.06. The average Bonchev–Trinajstić information content (AvgIpc) is 2.85. The van der Waals surface area contributed by atoms with Gasteiger partial charge in [-0.15, -0.1) is 0 Å². The Morgan fingerprint density at radius 1 is 1.20 bits per heavy atom. The van der Waals surface area contributed by atoms with Crippen LogP contribution in [-0.2, 0) is 6.54 Å². The molecule has 3 rings (SSSR count). The predicted octanol–water partition coefficient (Wildman–Crippen LogP) is 3.53. The summed E-state index contributed by atoms with van der Waals surface area (Å²) in [5.41, 5.74) is 1.70. The first-order chi connectivity index (χ1) is 12.1. The molecule has 132 valence electrons. The monoisotopic (exact) mass is 361 g/mol. The van der Waals surface area contributed by atoms with Crippen molar-refractivity contribution in [2.45, 2.75) is 19.9 Å². The maximum Gasteiger partial charge on any atom is 0.258 e. The molecule has 0 aliphatic carbocycles. The summed E-state index contributed by atoms with van der Waals surface area (Å²) < 4.78 is 14.2. The van der Waals surface area contributed by atoms with E-state index in [1.54, 1.807) is 24.1 Å². The molecule has 0 atom stereocenters. The molecule has 4 nitrogen and oxygen atoms in total. The second kappa shape index (κ2) is 7.93. The van der Waals surface area contributed by atoms with Crippen molar-refractivity contribution in [3.8, 4) is 0 Å². The van der Waals surface area contributed by atoms with Crippen LogP contribution in [0.1, 0.15) is 28.0 Å². The van der Waals surface area contributed by atoms with Crippen molar-refractivity contribution < 1.29 is 9.18 Å². The summed E-state index contributed by atoms with van der Waals surface area (Å²) in [5, 5.41) is 0.208. The van der Waals surface area contributed by atoms with Gasteiger partial charge in [0, 0.05) is 38.9 Å². The molecule has 1 aromatic heterocycles. The molecular formula is C19H21ClFN3O. The number of rotatable bonds is 3. The minimum absolute atomic E-state index is 0.0140. The number of aryl methyl sites for hydroxylation is 1. The molecule has 25 heavy (non-hydrogen) atoms. The largest absolute Gasteiger partial charge is 0.337 e. The van der Waals surface area contributed by atoms with Gasteiger partial charge in [0.25, 0.3) is 5.91 Å². The molecule has 1 saturated heterocycles. The van der Waals surface area contributed by atoms with E-state index in [4.69, 9.17) is 11.6 Å². The Hall–Kier alpha value is -1.98. The standard InChI is InChI=1S/C19H21ClFN3O/c1-14-6-7-16(21)17(18(14)20)19(25)24-10-4-9-23(11-12-24)13-15-5-2-3-8-22-15/h2-3,5-8H,4,9-13H2,1H3. The van der Waals surface area contributed by atoms with E-state index in [-0.39, 0.29) is 16.5 Å². The topological polar surface area (TPSA) is 36.4 Å². The molecule has 1 aliphatic rings. The van der Waals surface area contributed by atoms with Crippen molar-refractivity contribution in [2.24, 2.45) is 0 Å². The Labute approximate surface area is 152 Å². The summed E-state index contributed by atoms with van der Waals surface area (Å²) in [6.45, 7) is 5.28. The highest BCUT2D eigenvalue weighted by Gasteiger charge is 2.25. The number of halogens is 2. The first-order valence-electron chi connectivity index (χ1n) is 8.42. The number of carbonyl (C=O) groups excluding carboxylic acids is 1. The van der Waals surface area contributed by atoms with Crippen molar-refractivity contribution in [1.29, 1.82) is 0 Å². The third-order valence-electron chi connectivity index (χ3n) is 4.49. The van der Waals surface area contributed by atoms with Crippen LogP contribution in [0.15, 0.2) is 36.5 Å². The number of hydrogen-bond acceptors (Lipinski definition) is 3.